The van der Waals surface area contributed by atoms with E-state index in [2.05, 4.69) is 90.7 Å². The van der Waals surface area contributed by atoms with E-state index < -0.39 is 0 Å². The second-order valence-electron chi connectivity index (χ2n) is 12.1. The van der Waals surface area contributed by atoms with Crippen LogP contribution in [0.15, 0.2) is 154 Å². The minimum Gasteiger partial charge on any atom is -0.456 e. The molecule has 0 atom stereocenters. The predicted octanol–water partition coefficient (Wildman–Crippen LogP) is 11.3. The highest BCUT2D eigenvalue weighted by molar-refractivity contribution is 6.14. The van der Waals surface area contributed by atoms with Crippen LogP contribution in [0.1, 0.15) is 12.2 Å². The van der Waals surface area contributed by atoms with Gasteiger partial charge >= 0.3 is 0 Å². The van der Waals surface area contributed by atoms with Crippen LogP contribution in [0.5, 0.6) is 0 Å². The van der Waals surface area contributed by atoms with Gasteiger partial charge in [-0.3, -0.25) is 0 Å². The summed E-state index contributed by atoms with van der Waals surface area (Å²) < 4.78 is 12.8. The van der Waals surface area contributed by atoms with Gasteiger partial charge in [0.05, 0.1) is 0 Å². The van der Waals surface area contributed by atoms with Gasteiger partial charge in [0, 0.05) is 50.2 Å². The predicted molar refractivity (Wildman–Crippen MR) is 193 cm³/mol. The third-order valence-electron chi connectivity index (χ3n) is 9.20. The molecule has 3 aromatic heterocycles. The number of hydrogen-bond acceptors (Lipinski definition) is 5. The van der Waals surface area contributed by atoms with Gasteiger partial charge in [0.1, 0.15) is 22.3 Å². The van der Waals surface area contributed by atoms with Crippen molar-refractivity contribution in [3.63, 3.8) is 0 Å². The fourth-order valence-corrected chi connectivity index (χ4v) is 6.87. The molecule has 0 amide bonds. The lowest BCUT2D eigenvalue weighted by molar-refractivity contribution is 0.668. The summed E-state index contributed by atoms with van der Waals surface area (Å²) in [6, 6.07) is 41.6. The number of para-hydroxylation sites is 2. The molecule has 0 N–H and O–H groups in total. The monoisotopic (exact) mass is 615 g/mol. The Bertz CT molecular complexity index is 2860. The van der Waals surface area contributed by atoms with Gasteiger partial charge in [-0.1, -0.05) is 91.0 Å². The second kappa shape index (κ2) is 10.5. The maximum Gasteiger partial charge on any atom is 0.164 e. The number of aromatic nitrogens is 3. The zero-order valence-electron chi connectivity index (χ0n) is 25.6. The Morgan fingerprint density at radius 1 is 0.521 bits per heavy atom. The summed E-state index contributed by atoms with van der Waals surface area (Å²) >= 11 is 0. The fourth-order valence-electron chi connectivity index (χ4n) is 6.87. The van der Waals surface area contributed by atoms with E-state index in [1.54, 1.807) is 0 Å². The van der Waals surface area contributed by atoms with Gasteiger partial charge in [-0.15, -0.1) is 5.73 Å². The molecule has 3 heterocycles. The van der Waals surface area contributed by atoms with Crippen molar-refractivity contribution in [3.8, 4) is 33.9 Å². The molecular formula is C43H25N3O2. The number of allylic oxidation sites excluding steroid dienone is 3. The minimum atomic E-state index is 0.598. The topological polar surface area (TPSA) is 65.0 Å². The largest absolute Gasteiger partial charge is 0.456 e. The van der Waals surface area contributed by atoms with Gasteiger partial charge in [-0.25, -0.2) is 15.0 Å². The zero-order valence-corrected chi connectivity index (χ0v) is 25.6. The maximum absolute atomic E-state index is 6.43. The Morgan fingerprint density at radius 3 is 2.21 bits per heavy atom. The second-order valence-corrected chi connectivity index (χ2v) is 12.1. The quantitative estimate of drug-likeness (QED) is 0.184. The molecule has 224 valence electrons. The summed E-state index contributed by atoms with van der Waals surface area (Å²) in [6.45, 7) is 0. The van der Waals surface area contributed by atoms with E-state index in [4.69, 9.17) is 23.8 Å². The van der Waals surface area contributed by atoms with E-state index in [0.717, 1.165) is 77.1 Å². The number of hydrogen-bond donors (Lipinski definition) is 0. The molecule has 5 nitrogen and oxygen atoms in total. The van der Waals surface area contributed by atoms with Crippen molar-refractivity contribution in [3.05, 3.63) is 151 Å². The summed E-state index contributed by atoms with van der Waals surface area (Å²) in [6.07, 6.45) is 6.64. The molecule has 9 aromatic rings. The Balaban J connectivity index is 1.19. The Hall–Kier alpha value is -6.55. The number of rotatable bonds is 4. The first-order valence-corrected chi connectivity index (χ1v) is 16.0. The van der Waals surface area contributed by atoms with Gasteiger partial charge in [0.25, 0.3) is 0 Å². The highest BCUT2D eigenvalue weighted by Gasteiger charge is 2.20. The number of nitrogens with zero attached hydrogens (tertiary/aromatic N) is 3. The van der Waals surface area contributed by atoms with Crippen LogP contribution in [0, 0.1) is 0 Å². The summed E-state index contributed by atoms with van der Waals surface area (Å²) in [4.78, 5) is 15.2. The molecule has 0 spiro atoms. The van der Waals surface area contributed by atoms with Crippen molar-refractivity contribution in [1.82, 2.24) is 15.0 Å². The van der Waals surface area contributed by atoms with Gasteiger partial charge in [-0.2, -0.15) is 0 Å². The third-order valence-corrected chi connectivity index (χ3v) is 9.20. The van der Waals surface area contributed by atoms with Crippen molar-refractivity contribution in [2.24, 2.45) is 0 Å². The summed E-state index contributed by atoms with van der Waals surface area (Å²) in [5, 5.41) is 6.47. The first kappa shape index (κ1) is 26.6. The van der Waals surface area contributed by atoms with Crippen LogP contribution in [0.3, 0.4) is 0 Å². The third kappa shape index (κ3) is 4.23. The van der Waals surface area contributed by atoms with Gasteiger partial charge < -0.3 is 8.83 Å². The van der Waals surface area contributed by atoms with Gasteiger partial charge in [0.15, 0.2) is 17.5 Å². The molecule has 0 radical (unpaired) electrons. The van der Waals surface area contributed by atoms with Gasteiger partial charge in [-0.05, 0) is 64.9 Å². The number of furan rings is 2. The summed E-state index contributed by atoms with van der Waals surface area (Å²) in [5.74, 6) is 1.88. The van der Waals surface area contributed by atoms with Crippen molar-refractivity contribution < 1.29 is 8.83 Å². The van der Waals surface area contributed by atoms with Crippen LogP contribution in [0.4, 0.5) is 0 Å². The van der Waals surface area contributed by atoms with E-state index in [1.165, 1.54) is 5.39 Å². The van der Waals surface area contributed by atoms with Crippen LogP contribution in [-0.4, -0.2) is 15.0 Å². The molecule has 0 fully saturated rings. The Kier molecular flexibility index (Phi) is 5.83. The van der Waals surface area contributed by atoms with Crippen molar-refractivity contribution in [2.75, 3.05) is 0 Å². The van der Waals surface area contributed by atoms with Crippen LogP contribution in [0.2, 0.25) is 0 Å². The molecule has 0 unspecified atom stereocenters. The number of fused-ring (bicyclic) bond motifs is 7. The Morgan fingerprint density at radius 2 is 1.27 bits per heavy atom. The molecule has 1 aliphatic carbocycles. The van der Waals surface area contributed by atoms with Crippen LogP contribution < -0.4 is 0 Å². The summed E-state index contributed by atoms with van der Waals surface area (Å²) in [5.41, 5.74) is 11.4. The smallest absolute Gasteiger partial charge is 0.164 e. The average molecular weight is 616 g/mol. The summed E-state index contributed by atoms with van der Waals surface area (Å²) in [7, 11) is 0. The lowest BCUT2D eigenvalue weighted by Gasteiger charge is -2.11. The molecule has 5 heteroatoms. The highest BCUT2D eigenvalue weighted by Crippen LogP contribution is 2.41. The normalized spacial score (nSPS) is 13.0. The molecule has 10 rings (SSSR count). The van der Waals surface area contributed by atoms with Crippen molar-refractivity contribution in [1.29, 1.82) is 0 Å². The van der Waals surface area contributed by atoms with Crippen molar-refractivity contribution >= 4 is 60.2 Å². The zero-order chi connectivity index (χ0) is 31.6. The molecule has 48 heavy (non-hydrogen) atoms. The molecule has 0 bridgehead atoms. The minimum absolute atomic E-state index is 0.598. The van der Waals surface area contributed by atoms with E-state index >= 15 is 0 Å². The SMILES string of the molecule is C1=CC=C(c2nc(-c3ccc4ccccc4c3)nc(-c3cccc4oc5ccc(-c6cccc7c6oc6ccccc67)cc5c34)n2)CC=1. The van der Waals surface area contributed by atoms with Gasteiger partial charge in [0.2, 0.25) is 0 Å². The lowest BCUT2D eigenvalue weighted by atomic mass is 9.99. The molecular weight excluding hydrogens is 590 g/mol. The van der Waals surface area contributed by atoms with E-state index in [1.807, 2.05) is 54.6 Å². The fraction of sp³-hybridized carbons (Fsp3) is 0.0233. The standard InChI is InChI=1S/C43H25N3O2/c1-2-11-27(12-3-1)41-44-42(30-21-20-26-10-4-5-13-28(26)24-30)46-43(45-41)34-17-9-19-38-39(34)35-25-29(22-23-37(35)47-38)31-15-8-16-33-32-14-6-7-18-36(32)48-40(31)33/h2-11,13-25H,12H2. The van der Waals surface area contributed by atoms with Crippen LogP contribution in [0.25, 0.3) is 94.1 Å². The molecule has 1 aliphatic rings. The number of benzene rings is 6. The van der Waals surface area contributed by atoms with Crippen molar-refractivity contribution in [2.45, 2.75) is 6.42 Å². The van der Waals surface area contributed by atoms with E-state index in [-0.39, 0.29) is 0 Å². The lowest BCUT2D eigenvalue weighted by Crippen LogP contribution is -2.03. The van der Waals surface area contributed by atoms with Crippen LogP contribution in [-0.2, 0) is 0 Å². The van der Waals surface area contributed by atoms with Crippen LogP contribution >= 0.6 is 0 Å². The molecule has 0 saturated carbocycles. The maximum atomic E-state index is 6.43. The van der Waals surface area contributed by atoms with E-state index in [0.29, 0.717) is 23.9 Å². The highest BCUT2D eigenvalue weighted by atomic mass is 16.3. The molecule has 0 aliphatic heterocycles. The average Bonchev–Trinajstić information content (AvgIpc) is 3.73. The first-order chi connectivity index (χ1) is 23.8. The molecule has 6 aromatic carbocycles. The first-order valence-electron chi connectivity index (χ1n) is 16.0. The van der Waals surface area contributed by atoms with E-state index in [9.17, 15) is 0 Å². The Labute approximate surface area is 274 Å². The molecule has 0 saturated heterocycles.